The molecule has 1 N–H and O–H groups in total. The molecule has 112 valence electrons. The van der Waals surface area contributed by atoms with Crippen LogP contribution in [-0.2, 0) is 4.79 Å². The van der Waals surface area contributed by atoms with E-state index in [-0.39, 0.29) is 5.91 Å². The lowest BCUT2D eigenvalue weighted by molar-refractivity contribution is -0.127. The summed E-state index contributed by atoms with van der Waals surface area (Å²) in [5.41, 5.74) is 2.17. The molecule has 0 spiro atoms. The molecule has 0 atom stereocenters. The van der Waals surface area contributed by atoms with Crippen molar-refractivity contribution in [3.63, 3.8) is 0 Å². The second-order valence-electron chi connectivity index (χ2n) is 5.45. The van der Waals surface area contributed by atoms with Crippen LogP contribution in [0.2, 0.25) is 0 Å². The Kier molecular flexibility index (Phi) is 4.26. The van der Waals surface area contributed by atoms with E-state index in [1.54, 1.807) is 0 Å². The van der Waals surface area contributed by atoms with Crippen LogP contribution in [0.1, 0.15) is 6.92 Å². The van der Waals surface area contributed by atoms with Crippen LogP contribution in [-0.4, -0.2) is 55.1 Å². The number of rotatable bonds is 2. The predicted molar refractivity (Wildman–Crippen MR) is 86.3 cm³/mol. The van der Waals surface area contributed by atoms with Crippen molar-refractivity contribution in [3.05, 3.63) is 33.9 Å². The summed E-state index contributed by atoms with van der Waals surface area (Å²) >= 11 is 3.40. The highest BCUT2D eigenvalue weighted by Gasteiger charge is 2.25. The Bertz CT molecular complexity index is 556. The molecule has 2 aliphatic rings. The van der Waals surface area contributed by atoms with Gasteiger partial charge in [0, 0.05) is 55.5 Å². The molecule has 0 saturated carbocycles. The fraction of sp³-hybridized carbons (Fsp3) is 0.467. The summed E-state index contributed by atoms with van der Waals surface area (Å²) in [6.45, 7) is 6.85. The quantitative estimate of drug-likeness (QED) is 0.819. The maximum atomic E-state index is 12.4. The molecule has 0 aliphatic carbocycles. The number of amides is 1. The van der Waals surface area contributed by atoms with Gasteiger partial charge in [0.25, 0.3) is 0 Å². The number of hydrogen-bond acceptors (Lipinski definition) is 4. The zero-order valence-electron chi connectivity index (χ0n) is 12.1. The molecule has 2 aliphatic heterocycles. The number of carbonyl (C=O) groups excluding carboxylic acids is 1. The summed E-state index contributed by atoms with van der Waals surface area (Å²) in [6.07, 6.45) is 1.81. The van der Waals surface area contributed by atoms with E-state index in [0.717, 1.165) is 55.1 Å². The molecule has 21 heavy (non-hydrogen) atoms. The zero-order chi connectivity index (χ0) is 14.8. The number of pyridine rings is 1. The van der Waals surface area contributed by atoms with E-state index in [2.05, 4.69) is 31.1 Å². The van der Waals surface area contributed by atoms with Crippen molar-refractivity contribution >= 4 is 27.7 Å². The smallest absolute Gasteiger partial charge is 0.249 e. The van der Waals surface area contributed by atoms with Gasteiger partial charge in [-0.25, -0.2) is 4.98 Å². The standard InChI is InChI=1S/C15H19BrN4O/c1-11(12-8-17-9-12)15(21)20-6-4-19(5-7-20)14-3-2-13(16)10-18-14/h2-3,10,17H,4-9H2,1H3. The van der Waals surface area contributed by atoms with E-state index in [1.165, 1.54) is 5.57 Å². The fourth-order valence-corrected chi connectivity index (χ4v) is 2.83. The molecule has 1 aromatic heterocycles. The van der Waals surface area contributed by atoms with Gasteiger partial charge >= 0.3 is 0 Å². The predicted octanol–water partition coefficient (Wildman–Crippen LogP) is 1.41. The molecule has 3 rings (SSSR count). The lowest BCUT2D eigenvalue weighted by atomic mass is 10.0. The summed E-state index contributed by atoms with van der Waals surface area (Å²) < 4.78 is 0.983. The summed E-state index contributed by atoms with van der Waals surface area (Å²) in [4.78, 5) is 21.0. The van der Waals surface area contributed by atoms with Crippen molar-refractivity contribution in [2.24, 2.45) is 0 Å². The van der Waals surface area contributed by atoms with Gasteiger partial charge in [0.15, 0.2) is 0 Å². The Morgan fingerprint density at radius 1 is 1.24 bits per heavy atom. The van der Waals surface area contributed by atoms with Gasteiger partial charge in [-0.3, -0.25) is 4.79 Å². The van der Waals surface area contributed by atoms with Crippen LogP contribution in [0.15, 0.2) is 33.9 Å². The normalized spacial score (nSPS) is 18.5. The van der Waals surface area contributed by atoms with E-state index in [9.17, 15) is 4.79 Å². The highest BCUT2D eigenvalue weighted by Crippen LogP contribution is 2.18. The molecule has 1 amide bonds. The first-order chi connectivity index (χ1) is 10.1. The van der Waals surface area contributed by atoms with E-state index >= 15 is 0 Å². The molecule has 0 unspecified atom stereocenters. The van der Waals surface area contributed by atoms with Crippen LogP contribution in [0.3, 0.4) is 0 Å². The number of carbonyl (C=O) groups is 1. The lowest BCUT2D eigenvalue weighted by Crippen LogP contribution is -2.50. The van der Waals surface area contributed by atoms with Crippen LogP contribution in [0.4, 0.5) is 5.82 Å². The van der Waals surface area contributed by atoms with Crippen LogP contribution < -0.4 is 10.2 Å². The first-order valence-corrected chi connectivity index (χ1v) is 7.99. The van der Waals surface area contributed by atoms with Gasteiger partial charge < -0.3 is 15.1 Å². The molecule has 3 heterocycles. The third-order valence-electron chi connectivity index (χ3n) is 4.13. The maximum absolute atomic E-state index is 12.4. The van der Waals surface area contributed by atoms with E-state index in [0.29, 0.717) is 0 Å². The minimum Gasteiger partial charge on any atom is -0.353 e. The van der Waals surface area contributed by atoms with Gasteiger partial charge in [-0.1, -0.05) is 0 Å². The van der Waals surface area contributed by atoms with Crippen LogP contribution in [0.5, 0.6) is 0 Å². The summed E-state index contributed by atoms with van der Waals surface area (Å²) in [7, 11) is 0. The number of halogens is 1. The Hall–Kier alpha value is -1.40. The SMILES string of the molecule is CC(C(=O)N1CCN(c2ccc(Br)cn2)CC1)=C1CNC1. The average Bonchev–Trinajstić information content (AvgIpc) is 2.46. The highest BCUT2D eigenvalue weighted by atomic mass is 79.9. The molecular weight excluding hydrogens is 332 g/mol. The number of nitrogens with one attached hydrogen (secondary N) is 1. The van der Waals surface area contributed by atoms with Crippen molar-refractivity contribution < 1.29 is 4.79 Å². The second-order valence-corrected chi connectivity index (χ2v) is 6.36. The Balaban J connectivity index is 1.60. The number of nitrogens with zero attached hydrogens (tertiary/aromatic N) is 3. The van der Waals surface area contributed by atoms with Crippen molar-refractivity contribution in [2.75, 3.05) is 44.2 Å². The third kappa shape index (κ3) is 3.11. The summed E-state index contributed by atoms with van der Waals surface area (Å²) in [5.74, 6) is 1.17. The molecule has 0 radical (unpaired) electrons. The minimum absolute atomic E-state index is 0.190. The average molecular weight is 351 g/mol. The fourth-order valence-electron chi connectivity index (χ4n) is 2.60. The van der Waals surface area contributed by atoms with Gasteiger partial charge in [-0.05, 0) is 40.6 Å². The third-order valence-corrected chi connectivity index (χ3v) is 4.60. The first-order valence-electron chi connectivity index (χ1n) is 7.20. The molecule has 6 heteroatoms. The van der Waals surface area contributed by atoms with Crippen molar-refractivity contribution in [1.82, 2.24) is 15.2 Å². The molecule has 5 nitrogen and oxygen atoms in total. The van der Waals surface area contributed by atoms with Crippen molar-refractivity contribution in [3.8, 4) is 0 Å². The number of aromatic nitrogens is 1. The Morgan fingerprint density at radius 3 is 2.48 bits per heavy atom. The topological polar surface area (TPSA) is 48.5 Å². The summed E-state index contributed by atoms with van der Waals surface area (Å²) in [5, 5.41) is 3.18. The second kappa shape index (κ2) is 6.15. The zero-order valence-corrected chi connectivity index (χ0v) is 13.7. The minimum atomic E-state index is 0.190. The number of hydrogen-bond donors (Lipinski definition) is 1. The van der Waals surface area contributed by atoms with Gasteiger partial charge in [-0.2, -0.15) is 0 Å². The van der Waals surface area contributed by atoms with Gasteiger partial charge in [0.05, 0.1) is 0 Å². The maximum Gasteiger partial charge on any atom is 0.249 e. The van der Waals surface area contributed by atoms with Gasteiger partial charge in [0.2, 0.25) is 5.91 Å². The lowest BCUT2D eigenvalue weighted by Gasteiger charge is -2.36. The molecule has 0 bridgehead atoms. The number of anilines is 1. The highest BCUT2D eigenvalue weighted by molar-refractivity contribution is 9.10. The molecular formula is C15H19BrN4O. The van der Waals surface area contributed by atoms with Crippen molar-refractivity contribution in [2.45, 2.75) is 6.92 Å². The van der Waals surface area contributed by atoms with Gasteiger partial charge in [-0.15, -0.1) is 0 Å². The van der Waals surface area contributed by atoms with Crippen LogP contribution >= 0.6 is 15.9 Å². The molecule has 0 aromatic carbocycles. The molecule has 2 saturated heterocycles. The summed E-state index contributed by atoms with van der Waals surface area (Å²) in [6, 6.07) is 4.01. The molecule has 1 aromatic rings. The largest absolute Gasteiger partial charge is 0.353 e. The first kappa shape index (κ1) is 14.5. The van der Waals surface area contributed by atoms with Gasteiger partial charge in [0.1, 0.15) is 5.82 Å². The molecule has 2 fully saturated rings. The Morgan fingerprint density at radius 2 is 1.95 bits per heavy atom. The number of piperazine rings is 1. The monoisotopic (exact) mass is 350 g/mol. The Labute approximate surface area is 133 Å². The van der Waals surface area contributed by atoms with E-state index in [1.807, 2.05) is 30.2 Å². The van der Waals surface area contributed by atoms with Crippen molar-refractivity contribution in [1.29, 1.82) is 0 Å². The van der Waals surface area contributed by atoms with E-state index in [4.69, 9.17) is 0 Å². The van der Waals surface area contributed by atoms with Crippen LogP contribution in [0.25, 0.3) is 0 Å². The van der Waals surface area contributed by atoms with Crippen LogP contribution in [0, 0.1) is 0 Å². The van der Waals surface area contributed by atoms with E-state index < -0.39 is 0 Å².